The molecule has 94 valence electrons. The van der Waals surface area contributed by atoms with E-state index < -0.39 is 11.6 Å². The fraction of sp³-hybridized carbons (Fsp3) is 0.200. The van der Waals surface area contributed by atoms with E-state index in [-0.39, 0.29) is 5.69 Å². The molecule has 0 bridgehead atoms. The number of nitrogens with one attached hydrogen (secondary N) is 1. The van der Waals surface area contributed by atoms with Gasteiger partial charge < -0.3 is 5.32 Å². The molecule has 0 atom stereocenters. The van der Waals surface area contributed by atoms with Gasteiger partial charge in [0.15, 0.2) is 5.82 Å². The van der Waals surface area contributed by atoms with Crippen LogP contribution in [-0.2, 0) is 6.54 Å². The summed E-state index contributed by atoms with van der Waals surface area (Å²) in [4.78, 5) is 0. The lowest BCUT2D eigenvalue weighted by Gasteiger charge is -2.10. The molecule has 0 heterocycles. The molecule has 18 heavy (non-hydrogen) atoms. The molecule has 0 aromatic heterocycles. The van der Waals surface area contributed by atoms with Gasteiger partial charge in [-0.25, -0.2) is 8.78 Å². The van der Waals surface area contributed by atoms with Crippen LogP contribution in [0.15, 0.2) is 36.4 Å². The Kier molecular flexibility index (Phi) is 3.60. The minimum Gasteiger partial charge on any atom is -0.376 e. The summed E-state index contributed by atoms with van der Waals surface area (Å²) in [5, 5.41) is 2.81. The van der Waals surface area contributed by atoms with Crippen LogP contribution in [0.2, 0.25) is 0 Å². The van der Waals surface area contributed by atoms with Gasteiger partial charge in [0.2, 0.25) is 0 Å². The lowest BCUT2D eigenvalue weighted by Crippen LogP contribution is -2.05. The molecule has 0 aliphatic rings. The highest BCUT2D eigenvalue weighted by atomic mass is 19.1. The predicted molar refractivity (Wildman–Crippen MR) is 69.6 cm³/mol. The summed E-state index contributed by atoms with van der Waals surface area (Å²) in [5.74, 6) is -1.09. The first-order valence-electron chi connectivity index (χ1n) is 5.82. The fourth-order valence-electron chi connectivity index (χ4n) is 1.72. The SMILES string of the molecule is Cc1ccc(CNc2c(F)ccc(C)c2F)cc1. The van der Waals surface area contributed by atoms with Gasteiger partial charge in [-0.15, -0.1) is 0 Å². The van der Waals surface area contributed by atoms with Crippen molar-refractivity contribution < 1.29 is 8.78 Å². The van der Waals surface area contributed by atoms with E-state index in [2.05, 4.69) is 5.32 Å². The van der Waals surface area contributed by atoms with E-state index in [1.54, 1.807) is 6.92 Å². The molecular weight excluding hydrogens is 232 g/mol. The largest absolute Gasteiger partial charge is 0.376 e. The Bertz CT molecular complexity index is 547. The maximum absolute atomic E-state index is 13.7. The van der Waals surface area contributed by atoms with Crippen molar-refractivity contribution in [3.05, 3.63) is 64.7 Å². The molecule has 0 saturated heterocycles. The van der Waals surface area contributed by atoms with Crippen LogP contribution >= 0.6 is 0 Å². The van der Waals surface area contributed by atoms with Gasteiger partial charge in [-0.1, -0.05) is 35.9 Å². The molecule has 1 N–H and O–H groups in total. The molecule has 2 aromatic carbocycles. The third-order valence-corrected chi connectivity index (χ3v) is 2.87. The summed E-state index contributed by atoms with van der Waals surface area (Å²) >= 11 is 0. The molecular formula is C15H15F2N. The molecule has 1 nitrogen and oxygen atoms in total. The first kappa shape index (κ1) is 12.6. The number of hydrogen-bond donors (Lipinski definition) is 1. The minimum absolute atomic E-state index is 0.0597. The smallest absolute Gasteiger partial charge is 0.152 e. The summed E-state index contributed by atoms with van der Waals surface area (Å²) in [6.45, 7) is 4.01. The van der Waals surface area contributed by atoms with Crippen LogP contribution < -0.4 is 5.32 Å². The van der Waals surface area contributed by atoms with E-state index in [1.165, 1.54) is 12.1 Å². The average molecular weight is 247 g/mol. The summed E-state index contributed by atoms with van der Waals surface area (Å²) in [7, 11) is 0. The van der Waals surface area contributed by atoms with Crippen LogP contribution in [0.25, 0.3) is 0 Å². The number of benzene rings is 2. The molecule has 2 aromatic rings. The molecule has 0 aliphatic heterocycles. The Morgan fingerprint density at radius 2 is 1.61 bits per heavy atom. The van der Waals surface area contributed by atoms with Crippen molar-refractivity contribution in [1.82, 2.24) is 0 Å². The topological polar surface area (TPSA) is 12.0 Å². The van der Waals surface area contributed by atoms with E-state index in [9.17, 15) is 8.78 Å². The van der Waals surface area contributed by atoms with Crippen LogP contribution in [-0.4, -0.2) is 0 Å². The zero-order chi connectivity index (χ0) is 13.1. The standard InChI is InChI=1S/C15H15F2N/c1-10-3-6-12(7-4-10)9-18-15-13(16)8-5-11(2)14(15)17/h3-8,18H,9H2,1-2H3. The quantitative estimate of drug-likeness (QED) is 0.857. The second-order valence-corrected chi connectivity index (χ2v) is 4.39. The Balaban J connectivity index is 2.15. The number of aryl methyl sites for hydroxylation is 2. The third-order valence-electron chi connectivity index (χ3n) is 2.87. The van der Waals surface area contributed by atoms with Crippen molar-refractivity contribution in [3.63, 3.8) is 0 Å². The highest BCUT2D eigenvalue weighted by Crippen LogP contribution is 2.22. The van der Waals surface area contributed by atoms with Crippen LogP contribution in [0, 0.1) is 25.5 Å². The molecule has 0 fully saturated rings. The maximum Gasteiger partial charge on any atom is 0.152 e. The Hall–Kier alpha value is -1.90. The van der Waals surface area contributed by atoms with Gasteiger partial charge >= 0.3 is 0 Å². The van der Waals surface area contributed by atoms with Crippen molar-refractivity contribution in [2.75, 3.05) is 5.32 Å². The molecule has 0 saturated carbocycles. The van der Waals surface area contributed by atoms with Crippen molar-refractivity contribution >= 4 is 5.69 Å². The number of halogens is 2. The van der Waals surface area contributed by atoms with Crippen molar-refractivity contribution in [2.24, 2.45) is 0 Å². The van der Waals surface area contributed by atoms with E-state index in [0.29, 0.717) is 12.1 Å². The normalized spacial score (nSPS) is 10.4. The fourth-order valence-corrected chi connectivity index (χ4v) is 1.72. The van der Waals surface area contributed by atoms with Gasteiger partial charge in [0.05, 0.1) is 0 Å². The molecule has 2 rings (SSSR count). The van der Waals surface area contributed by atoms with Crippen molar-refractivity contribution in [2.45, 2.75) is 20.4 Å². The number of hydrogen-bond acceptors (Lipinski definition) is 1. The van der Waals surface area contributed by atoms with Gasteiger partial charge in [-0.05, 0) is 31.0 Å². The Morgan fingerprint density at radius 1 is 0.944 bits per heavy atom. The van der Waals surface area contributed by atoms with Crippen LogP contribution in [0.5, 0.6) is 0 Å². The predicted octanol–water partition coefficient (Wildman–Crippen LogP) is 4.19. The average Bonchev–Trinajstić information content (AvgIpc) is 2.36. The van der Waals surface area contributed by atoms with Gasteiger partial charge in [0.1, 0.15) is 11.5 Å². The van der Waals surface area contributed by atoms with Gasteiger partial charge in [-0.2, -0.15) is 0 Å². The molecule has 0 unspecified atom stereocenters. The second kappa shape index (κ2) is 5.17. The summed E-state index contributed by atoms with van der Waals surface area (Å²) in [6.07, 6.45) is 0. The number of anilines is 1. The monoisotopic (exact) mass is 247 g/mol. The lowest BCUT2D eigenvalue weighted by molar-refractivity contribution is 0.582. The van der Waals surface area contributed by atoms with Crippen LogP contribution in [0.1, 0.15) is 16.7 Å². The lowest BCUT2D eigenvalue weighted by atomic mass is 10.1. The summed E-state index contributed by atoms with van der Waals surface area (Å²) < 4.78 is 27.2. The zero-order valence-corrected chi connectivity index (χ0v) is 10.4. The highest BCUT2D eigenvalue weighted by Gasteiger charge is 2.10. The third kappa shape index (κ3) is 2.67. The van der Waals surface area contributed by atoms with Gasteiger partial charge in [0, 0.05) is 6.54 Å². The van der Waals surface area contributed by atoms with E-state index in [4.69, 9.17) is 0 Å². The number of rotatable bonds is 3. The van der Waals surface area contributed by atoms with E-state index in [0.717, 1.165) is 11.1 Å². The van der Waals surface area contributed by atoms with E-state index in [1.807, 2.05) is 31.2 Å². The Labute approximate surface area is 105 Å². The maximum atomic E-state index is 13.7. The minimum atomic E-state index is -0.565. The molecule has 3 heteroatoms. The van der Waals surface area contributed by atoms with E-state index >= 15 is 0 Å². The first-order chi connectivity index (χ1) is 8.58. The molecule has 0 radical (unpaired) electrons. The van der Waals surface area contributed by atoms with Crippen LogP contribution in [0.4, 0.5) is 14.5 Å². The molecule has 0 amide bonds. The zero-order valence-electron chi connectivity index (χ0n) is 10.4. The highest BCUT2D eigenvalue weighted by molar-refractivity contribution is 5.49. The van der Waals surface area contributed by atoms with Gasteiger partial charge in [-0.3, -0.25) is 0 Å². The molecule has 0 aliphatic carbocycles. The first-order valence-corrected chi connectivity index (χ1v) is 5.82. The summed E-state index contributed by atoms with van der Waals surface area (Å²) in [5.41, 5.74) is 2.52. The molecule has 0 spiro atoms. The van der Waals surface area contributed by atoms with Crippen LogP contribution in [0.3, 0.4) is 0 Å². The second-order valence-electron chi connectivity index (χ2n) is 4.39. The van der Waals surface area contributed by atoms with Crippen molar-refractivity contribution in [3.8, 4) is 0 Å². The Morgan fingerprint density at radius 3 is 2.28 bits per heavy atom. The van der Waals surface area contributed by atoms with Crippen molar-refractivity contribution in [1.29, 1.82) is 0 Å². The van der Waals surface area contributed by atoms with Gasteiger partial charge in [0.25, 0.3) is 0 Å². The summed E-state index contributed by atoms with van der Waals surface area (Å²) in [6, 6.07) is 10.5.